The molecule has 0 heterocycles. The van der Waals surface area contributed by atoms with Crippen LogP contribution >= 0.6 is 22.6 Å². The summed E-state index contributed by atoms with van der Waals surface area (Å²) < 4.78 is 7.00. The molecular formula is C10H23IOSi. The van der Waals surface area contributed by atoms with Crippen molar-refractivity contribution in [1.29, 1.82) is 0 Å². The molecule has 3 heteroatoms. The summed E-state index contributed by atoms with van der Waals surface area (Å²) in [5.74, 6) is 0. The highest BCUT2D eigenvalue weighted by Gasteiger charge is 2.49. The zero-order valence-electron chi connectivity index (χ0n) is 9.99. The third-order valence-electron chi connectivity index (χ3n) is 2.96. The molecule has 0 fully saturated rings. The van der Waals surface area contributed by atoms with Gasteiger partial charge in [-0.05, 0) is 10.8 Å². The molecule has 0 aliphatic carbocycles. The SMILES string of the molecule is CC(C)(C)C(CI)(O[SiH3])C(C)(C)C. The van der Waals surface area contributed by atoms with E-state index >= 15 is 0 Å². The molecule has 13 heavy (non-hydrogen) atoms. The standard InChI is InChI=1S/C10H23IOSi/c1-8(2,3)10(7-11,12-13)9(4,5)6/h7H2,1-6,13H3. The Morgan fingerprint density at radius 3 is 1.31 bits per heavy atom. The van der Waals surface area contributed by atoms with Gasteiger partial charge in [0.25, 0.3) is 0 Å². The summed E-state index contributed by atoms with van der Waals surface area (Å²) in [6.07, 6.45) is 0. The monoisotopic (exact) mass is 314 g/mol. The molecule has 0 aromatic carbocycles. The molecule has 1 nitrogen and oxygen atoms in total. The van der Waals surface area contributed by atoms with E-state index in [1.807, 2.05) is 0 Å². The molecule has 0 aromatic rings. The Hall–Kier alpha value is 0.907. The average molecular weight is 314 g/mol. The quantitative estimate of drug-likeness (QED) is 0.432. The lowest BCUT2D eigenvalue weighted by Gasteiger charge is -2.52. The highest BCUT2D eigenvalue weighted by Crippen LogP contribution is 2.47. The molecule has 0 saturated carbocycles. The van der Waals surface area contributed by atoms with Crippen molar-refractivity contribution in [1.82, 2.24) is 0 Å². The lowest BCUT2D eigenvalue weighted by Crippen LogP contribution is -2.56. The summed E-state index contributed by atoms with van der Waals surface area (Å²) >= 11 is 2.45. The summed E-state index contributed by atoms with van der Waals surface area (Å²) in [6.45, 7) is 13.6. The lowest BCUT2D eigenvalue weighted by atomic mass is 9.64. The van der Waals surface area contributed by atoms with Crippen molar-refractivity contribution < 1.29 is 4.43 Å². The summed E-state index contributed by atoms with van der Waals surface area (Å²) in [5, 5.41) is 0. The van der Waals surface area contributed by atoms with Gasteiger partial charge in [0, 0.05) is 4.43 Å². The van der Waals surface area contributed by atoms with Crippen molar-refractivity contribution in [3.8, 4) is 0 Å². The largest absolute Gasteiger partial charge is 0.421 e. The Labute approximate surface area is 99.7 Å². The Bertz CT molecular complexity index is 147. The second-order valence-corrected chi connectivity index (χ2v) is 6.84. The van der Waals surface area contributed by atoms with Crippen molar-refractivity contribution in [2.75, 3.05) is 4.43 Å². The van der Waals surface area contributed by atoms with Crippen LogP contribution in [0.5, 0.6) is 0 Å². The Kier molecular flexibility index (Phi) is 4.48. The van der Waals surface area contributed by atoms with E-state index in [1.165, 1.54) is 0 Å². The van der Waals surface area contributed by atoms with Gasteiger partial charge >= 0.3 is 0 Å². The van der Waals surface area contributed by atoms with Gasteiger partial charge in [-0.15, -0.1) is 0 Å². The minimum Gasteiger partial charge on any atom is -0.421 e. The third kappa shape index (κ3) is 2.48. The number of hydrogen-bond donors (Lipinski definition) is 0. The van der Waals surface area contributed by atoms with Crippen LogP contribution in [-0.2, 0) is 4.43 Å². The summed E-state index contributed by atoms with van der Waals surface area (Å²) in [4.78, 5) is 0. The molecule has 0 aliphatic rings. The van der Waals surface area contributed by atoms with E-state index in [2.05, 4.69) is 64.1 Å². The maximum absolute atomic E-state index is 5.95. The molecule has 0 rings (SSSR count). The average Bonchev–Trinajstić information content (AvgIpc) is 1.84. The van der Waals surface area contributed by atoms with Crippen LogP contribution in [0.1, 0.15) is 41.5 Å². The van der Waals surface area contributed by atoms with Crippen LogP contribution in [0.15, 0.2) is 0 Å². The predicted octanol–water partition coefficient (Wildman–Crippen LogP) is 2.55. The molecule has 0 atom stereocenters. The van der Waals surface area contributed by atoms with E-state index in [4.69, 9.17) is 4.43 Å². The van der Waals surface area contributed by atoms with Crippen LogP contribution in [-0.4, -0.2) is 20.5 Å². The molecule has 0 aromatic heterocycles. The summed E-state index contributed by atoms with van der Waals surface area (Å²) in [6, 6.07) is 0. The van der Waals surface area contributed by atoms with Gasteiger partial charge in [-0.3, -0.25) is 0 Å². The van der Waals surface area contributed by atoms with Gasteiger partial charge in [0.1, 0.15) is 10.5 Å². The molecule has 0 aliphatic heterocycles. The molecule has 0 amide bonds. The van der Waals surface area contributed by atoms with E-state index in [9.17, 15) is 0 Å². The fourth-order valence-corrected chi connectivity index (χ4v) is 6.75. The smallest absolute Gasteiger partial charge is 0.146 e. The zero-order chi connectivity index (χ0) is 10.9. The van der Waals surface area contributed by atoms with Gasteiger partial charge in [-0.25, -0.2) is 0 Å². The van der Waals surface area contributed by atoms with Crippen molar-refractivity contribution in [2.45, 2.75) is 47.1 Å². The molecular weight excluding hydrogens is 291 g/mol. The summed E-state index contributed by atoms with van der Waals surface area (Å²) in [7, 11) is 0.813. The molecule has 0 N–H and O–H groups in total. The van der Waals surface area contributed by atoms with Crippen LogP contribution in [0, 0.1) is 10.8 Å². The van der Waals surface area contributed by atoms with Crippen molar-refractivity contribution in [2.24, 2.45) is 10.8 Å². The first-order valence-corrected chi connectivity index (χ1v) is 7.08. The van der Waals surface area contributed by atoms with Crippen LogP contribution in [0.4, 0.5) is 0 Å². The van der Waals surface area contributed by atoms with E-state index in [-0.39, 0.29) is 16.4 Å². The molecule has 80 valence electrons. The first-order valence-electron chi connectivity index (χ1n) is 4.73. The van der Waals surface area contributed by atoms with E-state index in [1.54, 1.807) is 0 Å². The minimum absolute atomic E-state index is 0.00673. The van der Waals surface area contributed by atoms with E-state index in [0.717, 1.165) is 14.9 Å². The fourth-order valence-electron chi connectivity index (χ4n) is 2.19. The van der Waals surface area contributed by atoms with Crippen molar-refractivity contribution in [3.05, 3.63) is 0 Å². The van der Waals surface area contributed by atoms with Crippen LogP contribution in [0.25, 0.3) is 0 Å². The van der Waals surface area contributed by atoms with Gasteiger partial charge < -0.3 is 4.43 Å². The molecule has 0 spiro atoms. The normalized spacial score (nSPS) is 15.0. The Morgan fingerprint density at radius 2 is 1.31 bits per heavy atom. The molecule has 0 saturated heterocycles. The van der Waals surface area contributed by atoms with Crippen LogP contribution in [0.3, 0.4) is 0 Å². The van der Waals surface area contributed by atoms with Gasteiger partial charge in [-0.2, -0.15) is 0 Å². The molecule has 0 radical (unpaired) electrons. The van der Waals surface area contributed by atoms with Gasteiger partial charge in [-0.1, -0.05) is 64.1 Å². The topological polar surface area (TPSA) is 9.23 Å². The Morgan fingerprint density at radius 1 is 1.00 bits per heavy atom. The minimum atomic E-state index is 0.00673. The maximum Gasteiger partial charge on any atom is 0.146 e. The lowest BCUT2D eigenvalue weighted by molar-refractivity contribution is -0.0887. The maximum atomic E-state index is 5.95. The van der Waals surface area contributed by atoms with Crippen molar-refractivity contribution >= 4 is 33.1 Å². The van der Waals surface area contributed by atoms with Gasteiger partial charge in [0.2, 0.25) is 0 Å². The fraction of sp³-hybridized carbons (Fsp3) is 1.00. The van der Waals surface area contributed by atoms with E-state index in [0.29, 0.717) is 0 Å². The second kappa shape index (κ2) is 4.19. The number of alkyl halides is 1. The van der Waals surface area contributed by atoms with Crippen LogP contribution in [0.2, 0.25) is 0 Å². The zero-order valence-corrected chi connectivity index (χ0v) is 14.2. The van der Waals surface area contributed by atoms with Crippen molar-refractivity contribution in [3.63, 3.8) is 0 Å². The third-order valence-corrected chi connectivity index (χ3v) is 4.73. The van der Waals surface area contributed by atoms with Crippen LogP contribution < -0.4 is 0 Å². The highest BCUT2D eigenvalue weighted by atomic mass is 127. The number of halogens is 1. The number of hydrogen-bond acceptors (Lipinski definition) is 1. The Balaban J connectivity index is 5.17. The van der Waals surface area contributed by atoms with E-state index < -0.39 is 0 Å². The molecule has 0 bridgehead atoms. The first kappa shape index (κ1) is 13.9. The predicted molar refractivity (Wildman–Crippen MR) is 71.6 cm³/mol. The highest BCUT2D eigenvalue weighted by molar-refractivity contribution is 14.1. The van der Waals surface area contributed by atoms with Gasteiger partial charge in [0.15, 0.2) is 0 Å². The first-order chi connectivity index (χ1) is 5.62. The molecule has 0 unspecified atom stereocenters. The summed E-state index contributed by atoms with van der Waals surface area (Å²) in [5.41, 5.74) is 0.412. The number of rotatable bonds is 2. The second-order valence-electron chi connectivity index (χ2n) is 5.66. The van der Waals surface area contributed by atoms with Gasteiger partial charge in [0.05, 0.1) is 5.60 Å².